The van der Waals surface area contributed by atoms with Crippen LogP contribution in [0, 0.1) is 6.92 Å². The molecule has 0 bridgehead atoms. The number of halogens is 1. The molecule has 1 atom stereocenters. The highest BCUT2D eigenvalue weighted by Gasteiger charge is 2.18. The van der Waals surface area contributed by atoms with E-state index < -0.39 is 0 Å². The molecule has 0 aromatic heterocycles. The van der Waals surface area contributed by atoms with Crippen LogP contribution in [0.5, 0.6) is 0 Å². The SMILES string of the molecule is Cc1ccc(C(=O)Nc2ccc(N3CCCC[C@@H]3C)cc2)cc1Cl. The van der Waals surface area contributed by atoms with Gasteiger partial charge in [-0.25, -0.2) is 0 Å². The molecule has 1 aliphatic heterocycles. The molecule has 1 saturated heterocycles. The number of hydrogen-bond acceptors (Lipinski definition) is 2. The van der Waals surface area contributed by atoms with Crippen LogP contribution in [0.25, 0.3) is 0 Å². The van der Waals surface area contributed by atoms with Gasteiger partial charge in [0.15, 0.2) is 0 Å². The molecule has 126 valence electrons. The number of nitrogens with zero attached hydrogens (tertiary/aromatic N) is 1. The number of amides is 1. The molecule has 0 spiro atoms. The topological polar surface area (TPSA) is 32.3 Å². The Labute approximate surface area is 148 Å². The molecule has 4 heteroatoms. The van der Waals surface area contributed by atoms with Crippen LogP contribution in [0.3, 0.4) is 0 Å². The Morgan fingerprint density at radius 1 is 1.17 bits per heavy atom. The van der Waals surface area contributed by atoms with E-state index in [2.05, 4.69) is 29.3 Å². The summed E-state index contributed by atoms with van der Waals surface area (Å²) >= 11 is 6.10. The number of piperidine rings is 1. The van der Waals surface area contributed by atoms with Gasteiger partial charge in [-0.05, 0) is 75.1 Å². The van der Waals surface area contributed by atoms with Gasteiger partial charge in [0.1, 0.15) is 0 Å². The highest BCUT2D eigenvalue weighted by atomic mass is 35.5. The number of nitrogens with one attached hydrogen (secondary N) is 1. The number of anilines is 2. The van der Waals surface area contributed by atoms with Gasteiger partial charge in [0, 0.05) is 34.5 Å². The third kappa shape index (κ3) is 3.73. The van der Waals surface area contributed by atoms with Crippen molar-refractivity contribution in [3.63, 3.8) is 0 Å². The summed E-state index contributed by atoms with van der Waals surface area (Å²) in [5, 5.41) is 3.54. The molecule has 0 unspecified atom stereocenters. The largest absolute Gasteiger partial charge is 0.369 e. The normalized spacial score (nSPS) is 17.6. The maximum Gasteiger partial charge on any atom is 0.255 e. The first-order valence-electron chi connectivity index (χ1n) is 8.49. The van der Waals surface area contributed by atoms with Crippen molar-refractivity contribution in [3.05, 3.63) is 58.6 Å². The van der Waals surface area contributed by atoms with E-state index in [1.807, 2.05) is 25.1 Å². The lowest BCUT2D eigenvalue weighted by molar-refractivity contribution is 0.102. The van der Waals surface area contributed by atoms with Crippen LogP contribution >= 0.6 is 11.6 Å². The predicted octanol–water partition coefficient (Wildman–Crippen LogP) is 5.28. The molecule has 1 amide bonds. The summed E-state index contributed by atoms with van der Waals surface area (Å²) in [6, 6.07) is 14.0. The molecule has 1 heterocycles. The molecule has 1 N–H and O–H groups in total. The minimum absolute atomic E-state index is 0.143. The van der Waals surface area contributed by atoms with Crippen molar-refractivity contribution in [2.75, 3.05) is 16.8 Å². The van der Waals surface area contributed by atoms with Crippen LogP contribution in [0.1, 0.15) is 42.1 Å². The van der Waals surface area contributed by atoms with E-state index in [0.29, 0.717) is 16.6 Å². The van der Waals surface area contributed by atoms with Crippen LogP contribution in [0.2, 0.25) is 5.02 Å². The summed E-state index contributed by atoms with van der Waals surface area (Å²) in [5.74, 6) is -0.143. The standard InChI is InChI=1S/C20H23ClN2O/c1-14-6-7-16(13-19(14)21)20(24)22-17-8-10-18(11-9-17)23-12-4-3-5-15(23)2/h6-11,13,15H,3-5,12H2,1-2H3,(H,22,24)/t15-/m0/s1. The first kappa shape index (κ1) is 16.8. The first-order valence-corrected chi connectivity index (χ1v) is 8.86. The minimum Gasteiger partial charge on any atom is -0.369 e. The molecular formula is C20H23ClN2O. The van der Waals surface area contributed by atoms with Crippen LogP contribution in [0.4, 0.5) is 11.4 Å². The van der Waals surface area contributed by atoms with E-state index >= 15 is 0 Å². The van der Waals surface area contributed by atoms with Crippen molar-refractivity contribution >= 4 is 28.9 Å². The fourth-order valence-corrected chi connectivity index (χ4v) is 3.34. The molecular weight excluding hydrogens is 320 g/mol. The highest BCUT2D eigenvalue weighted by Crippen LogP contribution is 2.26. The fourth-order valence-electron chi connectivity index (χ4n) is 3.16. The number of carbonyl (C=O) groups is 1. The van der Waals surface area contributed by atoms with E-state index in [0.717, 1.165) is 17.8 Å². The zero-order chi connectivity index (χ0) is 17.1. The van der Waals surface area contributed by atoms with Crippen molar-refractivity contribution < 1.29 is 4.79 Å². The predicted molar refractivity (Wildman–Crippen MR) is 101 cm³/mol. The monoisotopic (exact) mass is 342 g/mol. The Kier molecular flexibility index (Phi) is 5.10. The van der Waals surface area contributed by atoms with Gasteiger partial charge in [0.05, 0.1) is 0 Å². The van der Waals surface area contributed by atoms with Gasteiger partial charge in [-0.3, -0.25) is 4.79 Å². The molecule has 0 saturated carbocycles. The van der Waals surface area contributed by atoms with Crippen molar-refractivity contribution in [3.8, 4) is 0 Å². The summed E-state index contributed by atoms with van der Waals surface area (Å²) in [6.07, 6.45) is 3.80. The highest BCUT2D eigenvalue weighted by molar-refractivity contribution is 6.31. The molecule has 3 rings (SSSR count). The molecule has 1 aliphatic rings. The van der Waals surface area contributed by atoms with Crippen molar-refractivity contribution in [2.45, 2.75) is 39.2 Å². The van der Waals surface area contributed by atoms with Gasteiger partial charge in [-0.1, -0.05) is 17.7 Å². The molecule has 0 radical (unpaired) electrons. The number of carbonyl (C=O) groups excluding carboxylic acids is 1. The average Bonchev–Trinajstić information content (AvgIpc) is 2.58. The second-order valence-electron chi connectivity index (χ2n) is 6.50. The van der Waals surface area contributed by atoms with Crippen molar-refractivity contribution in [1.29, 1.82) is 0 Å². The van der Waals surface area contributed by atoms with E-state index in [1.165, 1.54) is 24.9 Å². The van der Waals surface area contributed by atoms with Gasteiger partial charge >= 0.3 is 0 Å². The van der Waals surface area contributed by atoms with Gasteiger partial charge < -0.3 is 10.2 Å². The zero-order valence-electron chi connectivity index (χ0n) is 14.2. The quantitative estimate of drug-likeness (QED) is 0.823. The lowest BCUT2D eigenvalue weighted by Gasteiger charge is -2.35. The average molecular weight is 343 g/mol. The van der Waals surface area contributed by atoms with E-state index in [4.69, 9.17) is 11.6 Å². The van der Waals surface area contributed by atoms with Crippen molar-refractivity contribution in [2.24, 2.45) is 0 Å². The molecule has 24 heavy (non-hydrogen) atoms. The maximum absolute atomic E-state index is 12.3. The maximum atomic E-state index is 12.3. The third-order valence-corrected chi connectivity index (χ3v) is 5.10. The summed E-state index contributed by atoms with van der Waals surface area (Å²) in [4.78, 5) is 14.8. The Bertz CT molecular complexity index is 727. The van der Waals surface area contributed by atoms with E-state index in [9.17, 15) is 4.79 Å². The Morgan fingerprint density at radius 3 is 2.58 bits per heavy atom. The van der Waals surface area contributed by atoms with Crippen molar-refractivity contribution in [1.82, 2.24) is 0 Å². The van der Waals surface area contributed by atoms with Gasteiger partial charge in [-0.15, -0.1) is 0 Å². The molecule has 3 nitrogen and oxygen atoms in total. The Balaban J connectivity index is 1.69. The lowest BCUT2D eigenvalue weighted by Crippen LogP contribution is -2.37. The zero-order valence-corrected chi connectivity index (χ0v) is 14.9. The summed E-state index contributed by atoms with van der Waals surface area (Å²) in [7, 11) is 0. The van der Waals surface area contributed by atoms with E-state index in [1.54, 1.807) is 12.1 Å². The summed E-state index contributed by atoms with van der Waals surface area (Å²) < 4.78 is 0. The Hall–Kier alpha value is -2.00. The van der Waals surface area contributed by atoms with E-state index in [-0.39, 0.29) is 5.91 Å². The van der Waals surface area contributed by atoms with Crippen LogP contribution in [-0.2, 0) is 0 Å². The number of benzene rings is 2. The number of aryl methyl sites for hydroxylation is 1. The summed E-state index contributed by atoms with van der Waals surface area (Å²) in [6.45, 7) is 5.30. The van der Waals surface area contributed by atoms with Gasteiger partial charge in [0.25, 0.3) is 5.91 Å². The molecule has 0 aliphatic carbocycles. The fraction of sp³-hybridized carbons (Fsp3) is 0.350. The smallest absolute Gasteiger partial charge is 0.255 e. The summed E-state index contributed by atoms with van der Waals surface area (Å²) in [5.41, 5.74) is 3.55. The Morgan fingerprint density at radius 2 is 1.92 bits per heavy atom. The van der Waals surface area contributed by atoms with Crippen LogP contribution in [0.15, 0.2) is 42.5 Å². The van der Waals surface area contributed by atoms with Gasteiger partial charge in [-0.2, -0.15) is 0 Å². The lowest BCUT2D eigenvalue weighted by atomic mass is 10.0. The molecule has 2 aromatic carbocycles. The number of rotatable bonds is 3. The minimum atomic E-state index is -0.143. The van der Waals surface area contributed by atoms with Crippen LogP contribution < -0.4 is 10.2 Å². The third-order valence-electron chi connectivity index (χ3n) is 4.69. The van der Waals surface area contributed by atoms with Crippen LogP contribution in [-0.4, -0.2) is 18.5 Å². The first-order chi connectivity index (χ1) is 11.5. The number of hydrogen-bond donors (Lipinski definition) is 1. The second-order valence-corrected chi connectivity index (χ2v) is 6.91. The second kappa shape index (κ2) is 7.27. The van der Waals surface area contributed by atoms with Gasteiger partial charge in [0.2, 0.25) is 0 Å². The molecule has 2 aromatic rings. The molecule has 1 fully saturated rings.